The van der Waals surface area contributed by atoms with Crippen LogP contribution >= 0.6 is 0 Å². The molecule has 8 heteroatoms. The predicted octanol–water partition coefficient (Wildman–Crippen LogP) is 4.45. The third-order valence-corrected chi connectivity index (χ3v) is 5.69. The number of benzene rings is 2. The van der Waals surface area contributed by atoms with Crippen molar-refractivity contribution in [3.63, 3.8) is 0 Å². The van der Waals surface area contributed by atoms with Crippen LogP contribution in [0.2, 0.25) is 0 Å². The van der Waals surface area contributed by atoms with Gasteiger partial charge < -0.3 is 28.6 Å². The summed E-state index contributed by atoms with van der Waals surface area (Å²) >= 11 is 0. The molecular formula is C26H27NO7. The second-order valence-corrected chi connectivity index (χ2v) is 8.18. The first-order valence-electron chi connectivity index (χ1n) is 11.0. The highest BCUT2D eigenvalue weighted by Gasteiger charge is 2.44. The Balaban J connectivity index is 1.78. The summed E-state index contributed by atoms with van der Waals surface area (Å²) in [5.41, 5.74) is 0.983. The van der Waals surface area contributed by atoms with Gasteiger partial charge >= 0.3 is 0 Å². The molecular weight excluding hydrogens is 438 g/mol. The molecule has 0 saturated carbocycles. The molecule has 1 atom stereocenters. The molecule has 0 spiro atoms. The number of aliphatic hydroxyl groups is 1. The predicted molar refractivity (Wildman–Crippen MR) is 125 cm³/mol. The van der Waals surface area contributed by atoms with Gasteiger partial charge in [0.05, 0.1) is 38.5 Å². The first-order valence-corrected chi connectivity index (χ1v) is 11.0. The molecule has 0 radical (unpaired) electrons. The Morgan fingerprint density at radius 3 is 2.59 bits per heavy atom. The van der Waals surface area contributed by atoms with Crippen LogP contribution in [0.3, 0.4) is 0 Å². The average Bonchev–Trinajstić information content (AvgIpc) is 3.38. The van der Waals surface area contributed by atoms with Crippen molar-refractivity contribution in [1.82, 2.24) is 4.90 Å². The van der Waals surface area contributed by atoms with Crippen molar-refractivity contribution in [3.05, 3.63) is 71.2 Å². The fourth-order valence-electron chi connectivity index (χ4n) is 4.10. The van der Waals surface area contributed by atoms with Crippen LogP contribution in [0.4, 0.5) is 0 Å². The van der Waals surface area contributed by atoms with E-state index in [1.54, 1.807) is 48.5 Å². The molecule has 0 aliphatic carbocycles. The molecule has 1 aliphatic heterocycles. The number of amides is 1. The molecule has 0 saturated heterocycles. The highest BCUT2D eigenvalue weighted by molar-refractivity contribution is 6.16. The smallest absolute Gasteiger partial charge is 0.290 e. The van der Waals surface area contributed by atoms with Crippen molar-refractivity contribution in [2.75, 3.05) is 27.4 Å². The fourth-order valence-corrected chi connectivity index (χ4v) is 4.10. The van der Waals surface area contributed by atoms with E-state index in [0.717, 1.165) is 0 Å². The third kappa shape index (κ3) is 4.24. The van der Waals surface area contributed by atoms with Crippen molar-refractivity contribution < 1.29 is 33.3 Å². The summed E-state index contributed by atoms with van der Waals surface area (Å²) in [6.07, 6.45) is -0.0267. The number of para-hydroxylation sites is 1. The number of fused-ring (bicyclic) bond motifs is 1. The lowest BCUT2D eigenvalue weighted by molar-refractivity contribution is -0.130. The molecule has 8 nitrogen and oxygen atoms in total. The number of furan rings is 1. The van der Waals surface area contributed by atoms with Crippen molar-refractivity contribution in [2.24, 2.45) is 0 Å². The van der Waals surface area contributed by atoms with Crippen LogP contribution in [0.25, 0.3) is 11.0 Å². The van der Waals surface area contributed by atoms with Crippen LogP contribution in [0.1, 0.15) is 36.0 Å². The van der Waals surface area contributed by atoms with Crippen LogP contribution in [0.15, 0.2) is 64.3 Å². The maximum absolute atomic E-state index is 13.6. The summed E-state index contributed by atoms with van der Waals surface area (Å²) in [6.45, 7) is 4.23. The molecule has 4 rings (SSSR count). The molecule has 1 amide bonds. The highest BCUT2D eigenvalue weighted by Crippen LogP contribution is 2.40. The molecule has 3 aromatic rings. The molecule has 0 fully saturated rings. The Bertz CT molecular complexity index is 1260. The molecule has 1 aromatic heterocycles. The van der Waals surface area contributed by atoms with Crippen molar-refractivity contribution in [3.8, 4) is 11.5 Å². The number of aliphatic hydroxyl groups excluding tert-OH is 1. The number of hydrogen-bond donors (Lipinski definition) is 1. The average molecular weight is 466 g/mol. The molecule has 34 heavy (non-hydrogen) atoms. The largest absolute Gasteiger partial charge is 0.503 e. The Morgan fingerprint density at radius 2 is 1.88 bits per heavy atom. The van der Waals surface area contributed by atoms with Crippen molar-refractivity contribution in [1.29, 1.82) is 0 Å². The van der Waals surface area contributed by atoms with Gasteiger partial charge in [-0.3, -0.25) is 9.59 Å². The Hall–Kier alpha value is -3.78. The Morgan fingerprint density at radius 1 is 1.12 bits per heavy atom. The molecule has 1 aliphatic rings. The molecule has 0 bridgehead atoms. The lowest BCUT2D eigenvalue weighted by atomic mass is 9.95. The van der Waals surface area contributed by atoms with Gasteiger partial charge in [-0.25, -0.2) is 0 Å². The van der Waals surface area contributed by atoms with Gasteiger partial charge in [-0.15, -0.1) is 0 Å². The zero-order chi connectivity index (χ0) is 24.4. The zero-order valence-electron chi connectivity index (χ0n) is 19.5. The molecule has 1 N–H and O–H groups in total. The van der Waals surface area contributed by atoms with Crippen molar-refractivity contribution >= 4 is 22.7 Å². The zero-order valence-corrected chi connectivity index (χ0v) is 19.5. The van der Waals surface area contributed by atoms with E-state index < -0.39 is 23.5 Å². The van der Waals surface area contributed by atoms with Crippen LogP contribution in [0, 0.1) is 0 Å². The Kier molecular flexibility index (Phi) is 6.61. The summed E-state index contributed by atoms with van der Waals surface area (Å²) in [5, 5.41) is 11.5. The van der Waals surface area contributed by atoms with Gasteiger partial charge in [0.15, 0.2) is 22.9 Å². The van der Waals surface area contributed by atoms with Crippen molar-refractivity contribution in [2.45, 2.75) is 26.0 Å². The van der Waals surface area contributed by atoms with Crippen LogP contribution in [-0.4, -0.2) is 55.2 Å². The van der Waals surface area contributed by atoms with Gasteiger partial charge in [0.2, 0.25) is 5.78 Å². The second kappa shape index (κ2) is 9.61. The number of ether oxygens (including phenoxy) is 3. The van der Waals surface area contributed by atoms with Crippen LogP contribution < -0.4 is 9.47 Å². The number of ketones is 1. The summed E-state index contributed by atoms with van der Waals surface area (Å²) in [5.74, 6) is -0.776. The van der Waals surface area contributed by atoms with Gasteiger partial charge in [-0.2, -0.15) is 0 Å². The Labute approximate surface area is 197 Å². The number of Topliss-reactive ketones (excluding diaryl/α,β-unsaturated/α-hetero) is 1. The SMILES string of the molecule is COc1cccc(C2C(C(=O)c3cc4cccc(OC)c4o3)=C(O)C(=O)N2CCOC(C)C)c1. The summed E-state index contributed by atoms with van der Waals surface area (Å²) < 4.78 is 22.1. The quantitative estimate of drug-likeness (QED) is 0.466. The number of carbonyl (C=O) groups excluding carboxylic acids is 2. The van der Waals surface area contributed by atoms with Gasteiger partial charge in [0.25, 0.3) is 5.91 Å². The number of methoxy groups -OCH3 is 2. The van der Waals surface area contributed by atoms with E-state index in [1.165, 1.54) is 19.1 Å². The first kappa shape index (κ1) is 23.4. The molecule has 2 aromatic carbocycles. The second-order valence-electron chi connectivity index (χ2n) is 8.18. The maximum Gasteiger partial charge on any atom is 0.290 e. The van der Waals surface area contributed by atoms with E-state index in [2.05, 4.69) is 0 Å². The minimum atomic E-state index is -0.832. The maximum atomic E-state index is 13.6. The van der Waals surface area contributed by atoms with Gasteiger partial charge in [-0.05, 0) is 43.7 Å². The van der Waals surface area contributed by atoms with Gasteiger partial charge in [0.1, 0.15) is 5.75 Å². The van der Waals surface area contributed by atoms with E-state index in [1.807, 2.05) is 13.8 Å². The number of nitrogens with zero attached hydrogens (tertiary/aromatic N) is 1. The lowest BCUT2D eigenvalue weighted by Crippen LogP contribution is -2.34. The van der Waals surface area contributed by atoms with E-state index in [0.29, 0.717) is 28.0 Å². The lowest BCUT2D eigenvalue weighted by Gasteiger charge is -2.27. The minimum Gasteiger partial charge on any atom is -0.503 e. The van der Waals surface area contributed by atoms with Gasteiger partial charge in [-0.1, -0.05) is 24.3 Å². The standard InChI is InChI=1S/C26H27NO7/c1-15(2)33-12-11-27-22(16-7-5-9-18(13-16)31-3)21(24(29)26(27)30)23(28)20-14-17-8-6-10-19(32-4)25(17)34-20/h5-10,13-15,22,29H,11-12H2,1-4H3. The van der Waals surface area contributed by atoms with Crippen LogP contribution in [0.5, 0.6) is 11.5 Å². The monoisotopic (exact) mass is 465 g/mol. The number of carbonyl (C=O) groups is 2. The van der Waals surface area contributed by atoms with Crippen LogP contribution in [-0.2, 0) is 9.53 Å². The highest BCUT2D eigenvalue weighted by atomic mass is 16.5. The molecule has 1 unspecified atom stereocenters. The van der Waals surface area contributed by atoms with E-state index in [9.17, 15) is 14.7 Å². The normalized spacial score (nSPS) is 16.1. The van der Waals surface area contributed by atoms with Gasteiger partial charge in [0, 0.05) is 11.9 Å². The van der Waals surface area contributed by atoms with E-state index in [4.69, 9.17) is 18.6 Å². The number of rotatable bonds is 9. The summed E-state index contributed by atoms with van der Waals surface area (Å²) in [6, 6.07) is 13.1. The minimum absolute atomic E-state index is 0.00188. The topological polar surface area (TPSA) is 98.4 Å². The number of hydrogen-bond acceptors (Lipinski definition) is 7. The fraction of sp³-hybridized carbons (Fsp3) is 0.308. The molecule has 2 heterocycles. The summed E-state index contributed by atoms with van der Waals surface area (Å²) in [7, 11) is 3.05. The van der Waals surface area contributed by atoms with E-state index in [-0.39, 0.29) is 30.6 Å². The first-order chi connectivity index (χ1) is 16.3. The van der Waals surface area contributed by atoms with E-state index >= 15 is 0 Å². The molecule has 178 valence electrons. The third-order valence-electron chi connectivity index (χ3n) is 5.69. The summed E-state index contributed by atoms with van der Waals surface area (Å²) in [4.78, 5) is 28.1.